The lowest BCUT2D eigenvalue weighted by molar-refractivity contribution is -0.116. The molecule has 0 radical (unpaired) electrons. The molecular weight excluding hydrogens is 263 g/mol. The normalized spacial score (nSPS) is 57.7. The lowest BCUT2D eigenvalue weighted by Crippen LogP contribution is -2.49. The molecule has 0 saturated heterocycles. The summed E-state index contributed by atoms with van der Waals surface area (Å²) in [5.41, 5.74) is 1.77. The molecule has 0 aromatic carbocycles. The fourth-order valence-corrected chi connectivity index (χ4v) is 7.35. The van der Waals surface area contributed by atoms with E-state index < -0.39 is 6.17 Å². The molecule has 7 atom stereocenters. The minimum absolute atomic E-state index is 0.0233. The van der Waals surface area contributed by atoms with Gasteiger partial charge >= 0.3 is 0 Å². The van der Waals surface area contributed by atoms with Crippen LogP contribution >= 0.6 is 0 Å². The van der Waals surface area contributed by atoms with E-state index in [0.717, 1.165) is 43.9 Å². The Morgan fingerprint density at radius 1 is 1.24 bits per heavy atom. The van der Waals surface area contributed by atoms with Crippen molar-refractivity contribution in [2.45, 2.75) is 64.5 Å². The molecule has 2 heteroatoms. The van der Waals surface area contributed by atoms with Crippen LogP contribution in [-0.2, 0) is 4.79 Å². The highest BCUT2D eigenvalue weighted by Crippen LogP contribution is 2.82. The number of fused-ring (bicyclic) bond motifs is 3. The molecule has 114 valence electrons. The third-order valence-corrected chi connectivity index (χ3v) is 8.36. The highest BCUT2D eigenvalue weighted by Gasteiger charge is 2.77. The highest BCUT2D eigenvalue weighted by molar-refractivity contribution is 5.91. The van der Waals surface area contributed by atoms with Gasteiger partial charge in [-0.1, -0.05) is 12.5 Å². The first kappa shape index (κ1) is 12.8. The Hall–Kier alpha value is -0.660. The molecule has 1 spiro atoms. The van der Waals surface area contributed by atoms with E-state index in [-0.39, 0.29) is 5.41 Å². The molecule has 0 heterocycles. The number of ketones is 1. The quantitative estimate of drug-likeness (QED) is 0.643. The average molecular weight is 288 g/mol. The van der Waals surface area contributed by atoms with Gasteiger partial charge in [-0.15, -0.1) is 0 Å². The lowest BCUT2D eigenvalue weighted by atomic mass is 9.50. The number of halogens is 1. The second kappa shape index (κ2) is 3.81. The first-order valence-electron chi connectivity index (χ1n) is 8.93. The molecule has 4 fully saturated rings. The predicted octanol–water partition coefficient (Wildman–Crippen LogP) is 4.47. The van der Waals surface area contributed by atoms with Gasteiger partial charge in [-0.2, -0.15) is 0 Å². The van der Waals surface area contributed by atoms with Gasteiger partial charge in [0.1, 0.15) is 6.17 Å². The van der Waals surface area contributed by atoms with E-state index in [2.05, 4.69) is 6.92 Å². The van der Waals surface area contributed by atoms with Gasteiger partial charge in [0.25, 0.3) is 0 Å². The van der Waals surface area contributed by atoms with Crippen molar-refractivity contribution in [1.29, 1.82) is 0 Å². The molecule has 21 heavy (non-hydrogen) atoms. The van der Waals surface area contributed by atoms with Crippen molar-refractivity contribution in [3.05, 3.63) is 11.6 Å². The van der Waals surface area contributed by atoms with Gasteiger partial charge < -0.3 is 0 Å². The zero-order chi connectivity index (χ0) is 14.4. The van der Waals surface area contributed by atoms with E-state index in [0.29, 0.717) is 23.0 Å². The summed E-state index contributed by atoms with van der Waals surface area (Å²) in [6, 6.07) is 0. The molecule has 5 aliphatic rings. The maximum Gasteiger partial charge on any atom is 0.155 e. The van der Waals surface area contributed by atoms with Gasteiger partial charge in [0.05, 0.1) is 0 Å². The zero-order valence-corrected chi connectivity index (χ0v) is 12.9. The maximum atomic E-state index is 14.6. The smallest absolute Gasteiger partial charge is 0.155 e. The van der Waals surface area contributed by atoms with Gasteiger partial charge in [-0.3, -0.25) is 4.79 Å². The first-order valence-corrected chi connectivity index (χ1v) is 8.93. The van der Waals surface area contributed by atoms with Crippen LogP contribution in [0, 0.1) is 34.5 Å². The Morgan fingerprint density at radius 2 is 2.10 bits per heavy atom. The van der Waals surface area contributed by atoms with Crippen LogP contribution < -0.4 is 0 Å². The monoisotopic (exact) mass is 288 g/mol. The molecule has 0 amide bonds. The Morgan fingerprint density at radius 3 is 2.95 bits per heavy atom. The number of hydrogen-bond donors (Lipinski definition) is 0. The second-order valence-electron chi connectivity index (χ2n) is 8.74. The molecule has 5 rings (SSSR count). The number of allylic oxidation sites excluding steroid dienone is 1. The summed E-state index contributed by atoms with van der Waals surface area (Å²) in [5, 5.41) is 0. The SMILES string of the molecule is CC12CCC3C(CCC4=CC(=O)CC[C@@H]43)C13CC3CC2F. The summed E-state index contributed by atoms with van der Waals surface area (Å²) in [6.45, 7) is 2.26. The van der Waals surface area contributed by atoms with Crippen molar-refractivity contribution in [3.8, 4) is 0 Å². The van der Waals surface area contributed by atoms with Crippen molar-refractivity contribution in [1.82, 2.24) is 0 Å². The minimum Gasteiger partial charge on any atom is -0.295 e. The Kier molecular flexibility index (Phi) is 2.33. The molecule has 0 bridgehead atoms. The summed E-state index contributed by atoms with van der Waals surface area (Å²) in [5.74, 6) is 3.17. The van der Waals surface area contributed by atoms with Gasteiger partial charge in [0.2, 0.25) is 0 Å². The van der Waals surface area contributed by atoms with Crippen molar-refractivity contribution < 1.29 is 9.18 Å². The third-order valence-electron chi connectivity index (χ3n) is 8.36. The number of carbonyl (C=O) groups is 1. The van der Waals surface area contributed by atoms with E-state index in [9.17, 15) is 9.18 Å². The molecule has 1 nitrogen and oxygen atoms in total. The first-order chi connectivity index (χ1) is 10.1. The third kappa shape index (κ3) is 1.36. The molecular formula is C19H25FO. The highest BCUT2D eigenvalue weighted by atomic mass is 19.1. The van der Waals surface area contributed by atoms with E-state index in [1.54, 1.807) is 0 Å². The Balaban J connectivity index is 1.53. The average Bonchev–Trinajstić information content (AvgIpc) is 3.12. The summed E-state index contributed by atoms with van der Waals surface area (Å²) in [6.07, 6.45) is 9.99. The van der Waals surface area contributed by atoms with Crippen molar-refractivity contribution >= 4 is 5.78 Å². The molecule has 0 aromatic rings. The molecule has 0 N–H and O–H groups in total. The van der Waals surface area contributed by atoms with Crippen LogP contribution in [-0.4, -0.2) is 12.0 Å². The molecule has 4 saturated carbocycles. The number of carbonyl (C=O) groups excluding carboxylic acids is 1. The van der Waals surface area contributed by atoms with Crippen molar-refractivity contribution in [2.75, 3.05) is 0 Å². The number of alkyl halides is 1. The van der Waals surface area contributed by atoms with E-state index in [1.165, 1.54) is 24.8 Å². The Bertz CT molecular complexity index is 552. The zero-order valence-electron chi connectivity index (χ0n) is 12.9. The summed E-state index contributed by atoms with van der Waals surface area (Å²) in [7, 11) is 0. The van der Waals surface area contributed by atoms with Gasteiger partial charge in [-0.25, -0.2) is 4.39 Å². The van der Waals surface area contributed by atoms with Crippen LogP contribution in [0.15, 0.2) is 11.6 Å². The van der Waals surface area contributed by atoms with Crippen LogP contribution in [0.2, 0.25) is 0 Å². The van der Waals surface area contributed by atoms with Crippen LogP contribution in [0.25, 0.3) is 0 Å². The summed E-state index contributed by atoms with van der Waals surface area (Å²) in [4.78, 5) is 11.7. The summed E-state index contributed by atoms with van der Waals surface area (Å²) >= 11 is 0. The fourth-order valence-electron chi connectivity index (χ4n) is 7.35. The van der Waals surface area contributed by atoms with Crippen LogP contribution in [0.5, 0.6) is 0 Å². The largest absolute Gasteiger partial charge is 0.295 e. The topological polar surface area (TPSA) is 17.1 Å². The standard InChI is InChI=1S/C19H25FO/c1-18-7-6-15-14-4-3-13(21)8-11(14)2-5-16(15)19(18)10-12(19)9-17(18)20/h8,12,14-17H,2-7,9-10H2,1H3/t12?,14-,15?,16?,17?,18?,19?/m0/s1. The van der Waals surface area contributed by atoms with E-state index >= 15 is 0 Å². The van der Waals surface area contributed by atoms with Crippen molar-refractivity contribution in [3.63, 3.8) is 0 Å². The molecule has 0 aromatic heterocycles. The summed E-state index contributed by atoms with van der Waals surface area (Å²) < 4.78 is 14.6. The molecule has 6 unspecified atom stereocenters. The number of rotatable bonds is 0. The predicted molar refractivity (Wildman–Crippen MR) is 79.4 cm³/mol. The minimum atomic E-state index is -0.554. The molecule has 5 aliphatic carbocycles. The van der Waals surface area contributed by atoms with E-state index in [4.69, 9.17) is 0 Å². The van der Waals surface area contributed by atoms with Crippen LogP contribution in [0.3, 0.4) is 0 Å². The molecule has 0 aliphatic heterocycles. The van der Waals surface area contributed by atoms with Gasteiger partial charge in [0.15, 0.2) is 5.78 Å². The Labute approximate surface area is 126 Å². The lowest BCUT2D eigenvalue weighted by Gasteiger charge is -2.55. The van der Waals surface area contributed by atoms with Crippen molar-refractivity contribution in [2.24, 2.45) is 34.5 Å². The maximum absolute atomic E-state index is 14.6. The van der Waals surface area contributed by atoms with Gasteiger partial charge in [-0.05, 0) is 80.1 Å². The van der Waals surface area contributed by atoms with Gasteiger partial charge in [0, 0.05) is 11.8 Å². The van der Waals surface area contributed by atoms with Crippen LogP contribution in [0.1, 0.15) is 58.3 Å². The number of hydrogen-bond acceptors (Lipinski definition) is 1. The fraction of sp³-hybridized carbons (Fsp3) is 0.842. The second-order valence-corrected chi connectivity index (χ2v) is 8.74. The van der Waals surface area contributed by atoms with E-state index in [1.807, 2.05) is 6.08 Å². The van der Waals surface area contributed by atoms with Crippen LogP contribution in [0.4, 0.5) is 4.39 Å².